The van der Waals surface area contributed by atoms with Crippen molar-refractivity contribution in [2.24, 2.45) is 0 Å². The van der Waals surface area contributed by atoms with Gasteiger partial charge in [-0.1, -0.05) is 60.7 Å². The van der Waals surface area contributed by atoms with E-state index in [2.05, 4.69) is 74.8 Å². The molecule has 3 heterocycles. The van der Waals surface area contributed by atoms with E-state index in [0.29, 0.717) is 30.5 Å². The van der Waals surface area contributed by atoms with Gasteiger partial charge in [0.05, 0.1) is 11.7 Å². The molecule has 6 nitrogen and oxygen atoms in total. The Labute approximate surface area is 208 Å². The normalized spacial score (nSPS) is 15.1. The average Bonchev–Trinajstić information content (AvgIpc) is 3.47. The monoisotopic (exact) mass is 500 g/mol. The Morgan fingerprint density at radius 1 is 0.943 bits per heavy atom. The molecule has 35 heavy (non-hydrogen) atoms. The molecule has 0 fully saturated rings. The summed E-state index contributed by atoms with van der Waals surface area (Å²) in [6.07, 6.45) is 2.73. The number of aromatic nitrogens is 3. The van der Waals surface area contributed by atoms with Gasteiger partial charge in [0.15, 0.2) is 0 Å². The van der Waals surface area contributed by atoms with Crippen molar-refractivity contribution in [3.63, 3.8) is 0 Å². The minimum absolute atomic E-state index is 0.233. The molecule has 0 saturated heterocycles. The standard InChI is InChI=1S/C27H24N4O2S2/c1-19-26(22-10-5-6-12-24(22)31(19)18-20-8-3-2-4-9-20)21-14-16-30(17-15-21)35(32,33)25-13-7-11-23-27(25)29-34-28-23/h2-14H,15-18H2,1H3. The zero-order valence-electron chi connectivity index (χ0n) is 19.3. The molecule has 0 atom stereocenters. The molecule has 0 unspecified atom stereocenters. The molecule has 0 bridgehead atoms. The van der Waals surface area contributed by atoms with Gasteiger partial charge < -0.3 is 4.57 Å². The van der Waals surface area contributed by atoms with E-state index in [1.807, 2.05) is 6.07 Å². The first-order chi connectivity index (χ1) is 17.0. The van der Waals surface area contributed by atoms with E-state index < -0.39 is 10.0 Å². The highest BCUT2D eigenvalue weighted by atomic mass is 32.2. The molecule has 1 aliphatic rings. The SMILES string of the molecule is Cc1c(C2=CCN(S(=O)(=O)c3cccc4nsnc34)CC2)c2ccccc2n1Cc1ccccc1. The summed E-state index contributed by atoms with van der Waals surface area (Å²) in [6.45, 7) is 3.73. The third-order valence-electron chi connectivity index (χ3n) is 6.77. The number of hydrogen-bond donors (Lipinski definition) is 0. The van der Waals surface area contributed by atoms with Crippen molar-refractivity contribution in [2.45, 2.75) is 24.8 Å². The number of nitrogens with zero attached hydrogens (tertiary/aromatic N) is 4. The number of rotatable bonds is 5. The van der Waals surface area contributed by atoms with E-state index >= 15 is 0 Å². The number of benzene rings is 3. The first kappa shape index (κ1) is 22.2. The summed E-state index contributed by atoms with van der Waals surface area (Å²) in [4.78, 5) is 0.233. The molecule has 8 heteroatoms. The van der Waals surface area contributed by atoms with Crippen molar-refractivity contribution in [1.82, 2.24) is 17.6 Å². The lowest BCUT2D eigenvalue weighted by atomic mass is 9.97. The molecular formula is C27H24N4O2S2. The van der Waals surface area contributed by atoms with Crippen LogP contribution in [0.15, 0.2) is 83.8 Å². The van der Waals surface area contributed by atoms with Crippen LogP contribution in [0.4, 0.5) is 0 Å². The molecule has 1 aliphatic heterocycles. The fraction of sp³-hybridized carbons (Fsp3) is 0.185. The van der Waals surface area contributed by atoms with Gasteiger partial charge in [-0.25, -0.2) is 8.42 Å². The third kappa shape index (κ3) is 3.78. The van der Waals surface area contributed by atoms with Gasteiger partial charge in [-0.05, 0) is 42.7 Å². The van der Waals surface area contributed by atoms with E-state index in [-0.39, 0.29) is 4.90 Å². The van der Waals surface area contributed by atoms with Crippen molar-refractivity contribution in [3.8, 4) is 0 Å². The average molecular weight is 501 g/mol. The first-order valence-electron chi connectivity index (χ1n) is 11.6. The smallest absolute Gasteiger partial charge is 0.245 e. The Morgan fingerprint density at radius 2 is 1.74 bits per heavy atom. The van der Waals surface area contributed by atoms with Gasteiger partial charge >= 0.3 is 0 Å². The van der Waals surface area contributed by atoms with E-state index in [9.17, 15) is 8.42 Å². The Bertz CT molecular complexity index is 1680. The minimum Gasteiger partial charge on any atom is -0.340 e. The molecule has 0 N–H and O–H groups in total. The fourth-order valence-corrected chi connectivity index (χ4v) is 7.16. The summed E-state index contributed by atoms with van der Waals surface area (Å²) in [5.74, 6) is 0. The van der Waals surface area contributed by atoms with Gasteiger partial charge in [0.1, 0.15) is 15.9 Å². The third-order valence-corrected chi connectivity index (χ3v) is 9.21. The largest absolute Gasteiger partial charge is 0.340 e. The lowest BCUT2D eigenvalue weighted by molar-refractivity contribution is 0.442. The van der Waals surface area contributed by atoms with E-state index in [0.717, 1.165) is 18.3 Å². The van der Waals surface area contributed by atoms with Crippen molar-refractivity contribution in [3.05, 3.63) is 95.7 Å². The van der Waals surface area contributed by atoms with Crippen LogP contribution in [-0.2, 0) is 16.6 Å². The molecule has 0 amide bonds. The first-order valence-corrected chi connectivity index (χ1v) is 13.7. The molecule has 3 aromatic carbocycles. The van der Waals surface area contributed by atoms with Crippen LogP contribution in [0.25, 0.3) is 27.5 Å². The highest BCUT2D eigenvalue weighted by Crippen LogP contribution is 2.36. The summed E-state index contributed by atoms with van der Waals surface area (Å²) in [5.41, 5.74) is 7.14. The summed E-state index contributed by atoms with van der Waals surface area (Å²) < 4.78 is 39.2. The zero-order valence-corrected chi connectivity index (χ0v) is 20.9. The number of hydrogen-bond acceptors (Lipinski definition) is 5. The maximum atomic E-state index is 13.5. The summed E-state index contributed by atoms with van der Waals surface area (Å²) in [7, 11) is -3.66. The van der Waals surface area contributed by atoms with Gasteiger partial charge in [0, 0.05) is 41.8 Å². The molecule has 0 aliphatic carbocycles. The lowest BCUT2D eigenvalue weighted by Gasteiger charge is -2.26. The highest BCUT2D eigenvalue weighted by Gasteiger charge is 2.30. The van der Waals surface area contributed by atoms with Crippen molar-refractivity contribution in [1.29, 1.82) is 0 Å². The second kappa shape index (κ2) is 8.71. The second-order valence-electron chi connectivity index (χ2n) is 8.78. The molecule has 0 spiro atoms. The summed E-state index contributed by atoms with van der Waals surface area (Å²) >= 11 is 1.04. The summed E-state index contributed by atoms with van der Waals surface area (Å²) in [5, 5.41) is 1.21. The van der Waals surface area contributed by atoms with E-state index in [1.165, 1.54) is 33.3 Å². The van der Waals surface area contributed by atoms with Crippen LogP contribution in [0.1, 0.15) is 23.2 Å². The van der Waals surface area contributed by atoms with Gasteiger partial charge in [0.25, 0.3) is 0 Å². The molecule has 0 radical (unpaired) electrons. The quantitative estimate of drug-likeness (QED) is 0.320. The number of sulfonamides is 1. The van der Waals surface area contributed by atoms with Gasteiger partial charge in [0.2, 0.25) is 10.0 Å². The van der Waals surface area contributed by atoms with Crippen LogP contribution in [0, 0.1) is 6.92 Å². The van der Waals surface area contributed by atoms with Crippen LogP contribution in [-0.4, -0.2) is 39.1 Å². The van der Waals surface area contributed by atoms with E-state index in [4.69, 9.17) is 0 Å². The van der Waals surface area contributed by atoms with Crippen LogP contribution in [0.3, 0.4) is 0 Å². The van der Waals surface area contributed by atoms with Crippen LogP contribution in [0.5, 0.6) is 0 Å². The minimum atomic E-state index is -3.66. The van der Waals surface area contributed by atoms with Gasteiger partial charge in [-0.2, -0.15) is 13.1 Å². The lowest BCUT2D eigenvalue weighted by Crippen LogP contribution is -2.34. The van der Waals surface area contributed by atoms with Crippen molar-refractivity contribution in [2.75, 3.05) is 13.1 Å². The second-order valence-corrected chi connectivity index (χ2v) is 11.2. The maximum absolute atomic E-state index is 13.5. The highest BCUT2D eigenvalue weighted by molar-refractivity contribution is 7.89. The predicted molar refractivity (Wildman–Crippen MR) is 141 cm³/mol. The molecule has 5 aromatic rings. The fourth-order valence-electron chi connectivity index (χ4n) is 5.03. The Morgan fingerprint density at radius 3 is 2.54 bits per heavy atom. The zero-order chi connectivity index (χ0) is 24.0. The van der Waals surface area contributed by atoms with E-state index in [1.54, 1.807) is 22.5 Å². The molecular weight excluding hydrogens is 476 g/mol. The molecule has 2 aromatic heterocycles. The van der Waals surface area contributed by atoms with Crippen molar-refractivity contribution >= 4 is 49.3 Å². The van der Waals surface area contributed by atoms with Crippen LogP contribution >= 0.6 is 11.7 Å². The van der Waals surface area contributed by atoms with Gasteiger partial charge in [-0.3, -0.25) is 0 Å². The molecule has 6 rings (SSSR count). The van der Waals surface area contributed by atoms with Crippen LogP contribution in [0.2, 0.25) is 0 Å². The Balaban J connectivity index is 1.36. The molecule has 176 valence electrons. The number of para-hydroxylation sites is 1. The Hall–Kier alpha value is -3.33. The topological polar surface area (TPSA) is 68.1 Å². The summed E-state index contributed by atoms with van der Waals surface area (Å²) in [6, 6.07) is 24.1. The maximum Gasteiger partial charge on any atom is 0.245 e. The predicted octanol–water partition coefficient (Wildman–Crippen LogP) is 5.48. The van der Waals surface area contributed by atoms with Gasteiger partial charge in [-0.15, -0.1) is 0 Å². The Kier molecular flexibility index (Phi) is 5.51. The number of fused-ring (bicyclic) bond motifs is 2. The van der Waals surface area contributed by atoms with Crippen molar-refractivity contribution < 1.29 is 8.42 Å². The molecule has 0 saturated carbocycles. The van der Waals surface area contributed by atoms with Crippen LogP contribution < -0.4 is 0 Å².